The van der Waals surface area contributed by atoms with E-state index in [1.807, 2.05) is 6.07 Å². The van der Waals surface area contributed by atoms with Crippen molar-refractivity contribution in [1.29, 1.82) is 0 Å². The van der Waals surface area contributed by atoms with E-state index in [1.54, 1.807) is 23.5 Å². The minimum Gasteiger partial charge on any atom is -0.323 e. The summed E-state index contributed by atoms with van der Waals surface area (Å²) in [5.41, 5.74) is 0.846. The van der Waals surface area contributed by atoms with E-state index in [9.17, 15) is 0 Å². The Morgan fingerprint density at radius 3 is 2.79 bits per heavy atom. The van der Waals surface area contributed by atoms with Gasteiger partial charge in [-0.2, -0.15) is 0 Å². The summed E-state index contributed by atoms with van der Waals surface area (Å²) < 4.78 is 2.23. The number of hydrogen-bond acceptors (Lipinski definition) is 2. The van der Waals surface area contributed by atoms with E-state index in [-0.39, 0.29) is 0 Å². The molecule has 1 fully saturated rings. The van der Waals surface area contributed by atoms with Crippen molar-refractivity contribution in [2.45, 2.75) is 25.8 Å². The van der Waals surface area contributed by atoms with Crippen molar-refractivity contribution in [3.63, 3.8) is 0 Å². The normalized spacial score (nSPS) is 16.6. The summed E-state index contributed by atoms with van der Waals surface area (Å²) in [5, 5.41) is 3.19. The van der Waals surface area contributed by atoms with Gasteiger partial charge in [0.05, 0.1) is 15.7 Å². The van der Waals surface area contributed by atoms with Gasteiger partial charge in [-0.25, -0.2) is 4.99 Å². The number of thiazole rings is 1. The lowest BCUT2D eigenvalue weighted by atomic mass is 9.85. The first-order valence-corrected chi connectivity index (χ1v) is 7.99. The maximum atomic E-state index is 6.01. The molecule has 1 heterocycles. The van der Waals surface area contributed by atoms with Crippen molar-refractivity contribution in [2.24, 2.45) is 10.9 Å². The van der Waals surface area contributed by atoms with Gasteiger partial charge in [-0.05, 0) is 37.0 Å². The molecule has 0 unspecified atom stereocenters. The van der Waals surface area contributed by atoms with E-state index in [0.29, 0.717) is 10.0 Å². The fourth-order valence-corrected chi connectivity index (χ4v) is 3.20. The monoisotopic (exact) mass is 312 g/mol. The molecule has 2 nitrogen and oxygen atoms in total. The van der Waals surface area contributed by atoms with E-state index < -0.39 is 0 Å². The Balaban J connectivity index is 1.89. The first kappa shape index (κ1) is 13.2. The molecule has 5 heteroatoms. The van der Waals surface area contributed by atoms with Crippen molar-refractivity contribution in [3.05, 3.63) is 44.6 Å². The summed E-state index contributed by atoms with van der Waals surface area (Å²) in [6.45, 7) is 1.07. The van der Waals surface area contributed by atoms with E-state index >= 15 is 0 Å². The molecule has 100 valence electrons. The van der Waals surface area contributed by atoms with Crippen LogP contribution in [0.15, 0.2) is 34.8 Å². The maximum absolute atomic E-state index is 6.01. The first-order chi connectivity index (χ1) is 9.22. The maximum Gasteiger partial charge on any atom is 0.189 e. The molecule has 1 saturated carbocycles. The predicted octanol–water partition coefficient (Wildman–Crippen LogP) is 4.89. The zero-order chi connectivity index (χ0) is 13.2. The molecule has 1 aliphatic carbocycles. The number of benzene rings is 1. The molecule has 0 radical (unpaired) electrons. The summed E-state index contributed by atoms with van der Waals surface area (Å²) in [7, 11) is 0. The van der Waals surface area contributed by atoms with Crippen LogP contribution < -0.4 is 4.80 Å². The molecular formula is C14H14Cl2N2S. The lowest BCUT2D eigenvalue weighted by molar-refractivity contribution is 0.274. The van der Waals surface area contributed by atoms with Gasteiger partial charge in [0.25, 0.3) is 0 Å². The van der Waals surface area contributed by atoms with Gasteiger partial charge in [-0.15, -0.1) is 11.3 Å². The molecule has 0 aliphatic heterocycles. The number of hydrogen-bond donors (Lipinski definition) is 0. The highest BCUT2D eigenvalue weighted by atomic mass is 35.5. The van der Waals surface area contributed by atoms with Crippen molar-refractivity contribution >= 4 is 40.2 Å². The summed E-state index contributed by atoms with van der Waals surface area (Å²) in [4.78, 5) is 5.67. The molecule has 0 atom stereocenters. The lowest BCUT2D eigenvalue weighted by Gasteiger charge is -2.25. The van der Waals surface area contributed by atoms with Crippen LogP contribution >= 0.6 is 34.5 Å². The number of rotatable bonds is 3. The molecule has 0 N–H and O–H groups in total. The Morgan fingerprint density at radius 2 is 2.11 bits per heavy atom. The number of nitrogens with zero attached hydrogens (tertiary/aromatic N) is 2. The van der Waals surface area contributed by atoms with E-state index in [0.717, 1.165) is 23.0 Å². The Kier molecular flexibility index (Phi) is 3.96. The molecule has 0 bridgehead atoms. The van der Waals surface area contributed by atoms with Crippen LogP contribution in [-0.4, -0.2) is 4.57 Å². The summed E-state index contributed by atoms with van der Waals surface area (Å²) in [6, 6.07) is 5.48. The average molecular weight is 313 g/mol. The second kappa shape index (κ2) is 5.70. The second-order valence-electron chi connectivity index (χ2n) is 4.85. The lowest BCUT2D eigenvalue weighted by Crippen LogP contribution is -2.23. The van der Waals surface area contributed by atoms with Gasteiger partial charge in [-0.1, -0.05) is 29.6 Å². The van der Waals surface area contributed by atoms with E-state index in [4.69, 9.17) is 23.2 Å². The Hall–Kier alpha value is -0.770. The third kappa shape index (κ3) is 3.04. The van der Waals surface area contributed by atoms with E-state index in [2.05, 4.69) is 21.1 Å². The Bertz CT molecular complexity index is 641. The topological polar surface area (TPSA) is 17.3 Å². The number of aromatic nitrogens is 1. The minimum atomic E-state index is 0.546. The van der Waals surface area contributed by atoms with Gasteiger partial charge in [0, 0.05) is 18.1 Å². The van der Waals surface area contributed by atoms with Crippen LogP contribution in [0.3, 0.4) is 0 Å². The third-order valence-corrected chi connectivity index (χ3v) is 5.00. The highest BCUT2D eigenvalue weighted by Crippen LogP contribution is 2.28. The SMILES string of the molecule is Clc1ccc(N=c2sccn2CC2CCC2)cc1Cl. The van der Waals surface area contributed by atoms with Crippen molar-refractivity contribution in [1.82, 2.24) is 4.57 Å². The first-order valence-electron chi connectivity index (χ1n) is 6.36. The van der Waals surface area contributed by atoms with Crippen LogP contribution in [0.25, 0.3) is 0 Å². The largest absolute Gasteiger partial charge is 0.323 e. The van der Waals surface area contributed by atoms with Gasteiger partial charge in [0.1, 0.15) is 0 Å². The van der Waals surface area contributed by atoms with Crippen LogP contribution in [0.1, 0.15) is 19.3 Å². The molecule has 0 spiro atoms. The van der Waals surface area contributed by atoms with Crippen molar-refractivity contribution in [3.8, 4) is 0 Å². The van der Waals surface area contributed by atoms with Crippen LogP contribution in [0.2, 0.25) is 10.0 Å². The van der Waals surface area contributed by atoms with Gasteiger partial charge in [0.2, 0.25) is 0 Å². The summed E-state index contributed by atoms with van der Waals surface area (Å²) in [6.07, 6.45) is 6.16. The molecule has 2 aromatic rings. The van der Waals surface area contributed by atoms with Crippen LogP contribution in [0, 0.1) is 5.92 Å². The van der Waals surface area contributed by atoms with Gasteiger partial charge >= 0.3 is 0 Å². The van der Waals surface area contributed by atoms with Gasteiger partial charge in [-0.3, -0.25) is 0 Å². The predicted molar refractivity (Wildman–Crippen MR) is 81.3 cm³/mol. The Morgan fingerprint density at radius 1 is 1.26 bits per heavy atom. The molecule has 1 aromatic heterocycles. The quantitative estimate of drug-likeness (QED) is 0.768. The van der Waals surface area contributed by atoms with Gasteiger partial charge < -0.3 is 4.57 Å². The third-order valence-electron chi connectivity index (χ3n) is 3.47. The smallest absolute Gasteiger partial charge is 0.189 e. The standard InChI is InChI=1S/C14H14Cl2N2S/c15-12-5-4-11(8-13(12)16)17-14-18(6-7-19-14)9-10-2-1-3-10/h4-8,10H,1-3,9H2. The van der Waals surface area contributed by atoms with E-state index in [1.165, 1.54) is 19.3 Å². The minimum absolute atomic E-state index is 0.546. The highest BCUT2D eigenvalue weighted by Gasteiger charge is 2.17. The van der Waals surface area contributed by atoms with Crippen LogP contribution in [0.4, 0.5) is 5.69 Å². The van der Waals surface area contributed by atoms with Gasteiger partial charge in [0.15, 0.2) is 4.80 Å². The average Bonchev–Trinajstić information content (AvgIpc) is 2.76. The van der Waals surface area contributed by atoms with Crippen LogP contribution in [-0.2, 0) is 6.54 Å². The van der Waals surface area contributed by atoms with Crippen LogP contribution in [0.5, 0.6) is 0 Å². The molecule has 1 aliphatic rings. The van der Waals surface area contributed by atoms with Crippen molar-refractivity contribution < 1.29 is 0 Å². The molecule has 3 rings (SSSR count). The second-order valence-corrected chi connectivity index (χ2v) is 6.53. The molecule has 1 aromatic carbocycles. The summed E-state index contributed by atoms with van der Waals surface area (Å²) >= 11 is 13.6. The fraction of sp³-hybridized carbons (Fsp3) is 0.357. The van der Waals surface area contributed by atoms with Crippen molar-refractivity contribution in [2.75, 3.05) is 0 Å². The zero-order valence-corrected chi connectivity index (χ0v) is 12.7. The highest BCUT2D eigenvalue weighted by molar-refractivity contribution is 7.07. The number of halogens is 2. The molecule has 0 saturated heterocycles. The fourth-order valence-electron chi connectivity index (χ4n) is 2.14. The Labute approximate surface area is 126 Å². The molecular weight excluding hydrogens is 299 g/mol. The summed E-state index contributed by atoms with van der Waals surface area (Å²) in [5.74, 6) is 0.822. The molecule has 19 heavy (non-hydrogen) atoms. The zero-order valence-electron chi connectivity index (χ0n) is 10.4. The molecule has 0 amide bonds.